The van der Waals surface area contributed by atoms with Crippen LogP contribution in [-0.4, -0.2) is 86.3 Å². The first kappa shape index (κ1) is 41.8. The lowest BCUT2D eigenvalue weighted by atomic mass is 10.1. The van der Waals surface area contributed by atoms with Crippen LogP contribution in [0.25, 0.3) is 0 Å². The van der Waals surface area contributed by atoms with Gasteiger partial charge < -0.3 is 29.6 Å². The predicted molar refractivity (Wildman–Crippen MR) is 175 cm³/mol. The van der Waals surface area contributed by atoms with Crippen molar-refractivity contribution < 1.29 is 57.3 Å². The highest BCUT2D eigenvalue weighted by Crippen LogP contribution is 2.08. The van der Waals surface area contributed by atoms with Crippen LogP contribution in [0.2, 0.25) is 0 Å². The number of alkyl carbamates (subject to hydrolysis) is 2. The summed E-state index contributed by atoms with van der Waals surface area (Å²) in [5, 5.41) is 4.51. The van der Waals surface area contributed by atoms with Crippen LogP contribution in [0.1, 0.15) is 83.0 Å². The number of amides is 6. The van der Waals surface area contributed by atoms with Gasteiger partial charge in [-0.25, -0.2) is 19.2 Å². The number of rotatable bonds is 8. The number of benzene rings is 2. The van der Waals surface area contributed by atoms with Crippen molar-refractivity contribution in [3.05, 3.63) is 70.8 Å². The Balaban J connectivity index is 0.000000500. The van der Waals surface area contributed by atoms with Gasteiger partial charge in [-0.3, -0.25) is 40.9 Å². The van der Waals surface area contributed by atoms with Crippen LogP contribution in [0.4, 0.5) is 9.59 Å². The zero-order valence-corrected chi connectivity index (χ0v) is 28.9. The van der Waals surface area contributed by atoms with Gasteiger partial charge in [-0.2, -0.15) is 0 Å². The molecule has 0 unspecified atom stereocenters. The third-order valence-electron chi connectivity index (χ3n) is 5.35. The van der Waals surface area contributed by atoms with Gasteiger partial charge in [-0.1, -0.05) is 0 Å². The van der Waals surface area contributed by atoms with Crippen molar-refractivity contribution in [1.29, 1.82) is 0 Å². The number of nitrogens with one attached hydrogen (secondary N) is 6. The molecule has 0 fully saturated rings. The first-order valence-electron chi connectivity index (χ1n) is 14.7. The van der Waals surface area contributed by atoms with E-state index in [1.165, 1.54) is 62.8 Å². The SMILES string of the molecule is COC(=O)c1ccc(C(=O)NNC(=O)CNC(=O)OC(C)(C)C)cc1.COC(=O)c1ccc(C(=O)NNC(=O)CNC(=O)OC(C)(C)C)cc1. The fraction of sp³-hybridized carbons (Fsp3) is 0.375. The van der Waals surface area contributed by atoms with E-state index >= 15 is 0 Å². The average molecular weight is 703 g/mol. The summed E-state index contributed by atoms with van der Waals surface area (Å²) in [6, 6.07) is 11.3. The Morgan fingerprint density at radius 1 is 0.480 bits per heavy atom. The second-order valence-electron chi connectivity index (χ2n) is 11.9. The Hall–Kier alpha value is -6.20. The standard InChI is InChI=1S/2C16H21N3O6/c2*1-16(2,3)25-15(23)17-9-12(20)18-19-13(21)10-5-7-11(8-6-10)14(22)24-4/h2*5-8H,9H2,1-4H3,(H,17,23)(H,18,20)(H,19,21). The highest BCUT2D eigenvalue weighted by molar-refractivity contribution is 5.98. The average Bonchev–Trinajstić information content (AvgIpc) is 3.05. The van der Waals surface area contributed by atoms with E-state index in [1.54, 1.807) is 41.5 Å². The molecule has 0 atom stereocenters. The summed E-state index contributed by atoms with van der Waals surface area (Å²) in [4.78, 5) is 92.3. The van der Waals surface area contributed by atoms with Crippen molar-refractivity contribution in [3.8, 4) is 0 Å². The Kier molecular flexibility index (Phi) is 16.4. The molecule has 272 valence electrons. The van der Waals surface area contributed by atoms with Crippen LogP contribution >= 0.6 is 0 Å². The monoisotopic (exact) mass is 702 g/mol. The number of carbonyl (C=O) groups is 8. The van der Waals surface area contributed by atoms with Crippen molar-refractivity contribution >= 4 is 47.8 Å². The molecule has 0 aliphatic carbocycles. The lowest BCUT2D eigenvalue weighted by molar-refractivity contribution is -0.121. The van der Waals surface area contributed by atoms with Crippen molar-refractivity contribution in [3.63, 3.8) is 0 Å². The summed E-state index contributed by atoms with van der Waals surface area (Å²) >= 11 is 0. The fourth-order valence-electron chi connectivity index (χ4n) is 3.17. The maximum Gasteiger partial charge on any atom is 0.408 e. The van der Waals surface area contributed by atoms with E-state index in [-0.39, 0.29) is 24.2 Å². The van der Waals surface area contributed by atoms with Crippen LogP contribution < -0.4 is 32.3 Å². The first-order chi connectivity index (χ1) is 23.2. The highest BCUT2D eigenvalue weighted by Gasteiger charge is 2.18. The number of carbonyl (C=O) groups excluding carboxylic acids is 8. The van der Waals surface area contributed by atoms with Gasteiger partial charge in [-0.15, -0.1) is 0 Å². The highest BCUT2D eigenvalue weighted by atomic mass is 16.6. The minimum atomic E-state index is -0.743. The normalized spacial score (nSPS) is 10.4. The molecule has 50 heavy (non-hydrogen) atoms. The van der Waals surface area contributed by atoms with Crippen molar-refractivity contribution in [2.24, 2.45) is 0 Å². The van der Waals surface area contributed by atoms with Gasteiger partial charge in [0.15, 0.2) is 0 Å². The van der Waals surface area contributed by atoms with Crippen molar-refractivity contribution in [2.45, 2.75) is 52.7 Å². The van der Waals surface area contributed by atoms with E-state index in [1.807, 2.05) is 0 Å². The summed E-state index contributed by atoms with van der Waals surface area (Å²) in [6.45, 7) is 9.43. The van der Waals surface area contributed by atoms with Crippen molar-refractivity contribution in [2.75, 3.05) is 27.3 Å². The van der Waals surface area contributed by atoms with Gasteiger partial charge in [-0.05, 0) is 90.1 Å². The molecule has 2 aromatic rings. The Bertz CT molecular complexity index is 1410. The van der Waals surface area contributed by atoms with E-state index in [4.69, 9.17) is 9.47 Å². The van der Waals surface area contributed by atoms with Crippen LogP contribution in [-0.2, 0) is 28.5 Å². The Labute approximate surface area is 288 Å². The molecular formula is C32H42N6O12. The fourth-order valence-corrected chi connectivity index (χ4v) is 3.17. The summed E-state index contributed by atoms with van der Waals surface area (Å²) in [6.07, 6.45) is -1.49. The van der Waals surface area contributed by atoms with Crippen LogP contribution in [0, 0.1) is 0 Å². The summed E-state index contributed by atoms with van der Waals surface area (Å²) < 4.78 is 19.0. The first-order valence-corrected chi connectivity index (χ1v) is 14.7. The van der Waals surface area contributed by atoms with Crippen LogP contribution in [0.3, 0.4) is 0 Å². The predicted octanol–water partition coefficient (Wildman–Crippen LogP) is 1.52. The molecule has 0 bridgehead atoms. The molecule has 0 saturated carbocycles. The quantitative estimate of drug-likeness (QED) is 0.130. The number of esters is 2. The topological polar surface area (TPSA) is 246 Å². The van der Waals surface area contributed by atoms with Gasteiger partial charge in [0.1, 0.15) is 24.3 Å². The number of hydrogen-bond acceptors (Lipinski definition) is 12. The van der Waals surface area contributed by atoms with Gasteiger partial charge in [0, 0.05) is 11.1 Å². The van der Waals surface area contributed by atoms with E-state index in [9.17, 15) is 38.4 Å². The molecule has 0 spiro atoms. The summed E-state index contributed by atoms with van der Waals surface area (Å²) in [7, 11) is 2.51. The molecule has 0 aliphatic heterocycles. The smallest absolute Gasteiger partial charge is 0.408 e. The summed E-state index contributed by atoms with van der Waals surface area (Å²) in [5.74, 6) is -3.47. The molecule has 2 aromatic carbocycles. The minimum absolute atomic E-state index is 0.230. The number of ether oxygens (including phenoxy) is 4. The molecule has 0 radical (unpaired) electrons. The molecule has 2 rings (SSSR count). The molecule has 6 N–H and O–H groups in total. The molecule has 18 nitrogen and oxygen atoms in total. The second-order valence-corrected chi connectivity index (χ2v) is 11.9. The van der Waals surface area contributed by atoms with E-state index in [2.05, 4.69) is 41.8 Å². The third-order valence-corrected chi connectivity index (χ3v) is 5.35. The van der Waals surface area contributed by atoms with Crippen LogP contribution in [0.15, 0.2) is 48.5 Å². The third kappa shape index (κ3) is 17.1. The summed E-state index contributed by atoms with van der Waals surface area (Å²) in [5.41, 5.74) is 8.37. The van der Waals surface area contributed by atoms with E-state index in [0.29, 0.717) is 11.1 Å². The molecule has 0 aromatic heterocycles. The number of methoxy groups -OCH3 is 2. The molecule has 18 heteroatoms. The number of hydrazine groups is 2. The largest absolute Gasteiger partial charge is 0.465 e. The van der Waals surface area contributed by atoms with E-state index in [0.717, 1.165) is 0 Å². The minimum Gasteiger partial charge on any atom is -0.465 e. The molecule has 0 heterocycles. The molecule has 6 amide bonds. The molecule has 0 saturated heterocycles. The lowest BCUT2D eigenvalue weighted by Crippen LogP contribution is -2.47. The Morgan fingerprint density at radius 2 is 0.760 bits per heavy atom. The Morgan fingerprint density at radius 3 is 1.02 bits per heavy atom. The molecule has 0 aliphatic rings. The van der Waals surface area contributed by atoms with Gasteiger partial charge >= 0.3 is 24.1 Å². The van der Waals surface area contributed by atoms with Gasteiger partial charge in [0.05, 0.1) is 25.3 Å². The maximum atomic E-state index is 11.9. The number of hydrogen-bond donors (Lipinski definition) is 6. The molecular weight excluding hydrogens is 660 g/mol. The van der Waals surface area contributed by atoms with Gasteiger partial charge in [0.25, 0.3) is 23.6 Å². The lowest BCUT2D eigenvalue weighted by Gasteiger charge is -2.19. The second kappa shape index (κ2) is 19.6. The van der Waals surface area contributed by atoms with Crippen molar-refractivity contribution in [1.82, 2.24) is 32.3 Å². The zero-order valence-electron chi connectivity index (χ0n) is 28.9. The zero-order chi connectivity index (χ0) is 38.1. The van der Waals surface area contributed by atoms with Gasteiger partial charge in [0.2, 0.25) is 0 Å². The van der Waals surface area contributed by atoms with E-state index < -0.39 is 59.0 Å². The van der Waals surface area contributed by atoms with Crippen LogP contribution in [0.5, 0.6) is 0 Å². The maximum absolute atomic E-state index is 11.9.